The summed E-state index contributed by atoms with van der Waals surface area (Å²) in [5.74, 6) is 5.60. The van der Waals surface area contributed by atoms with Gasteiger partial charge in [-0.25, -0.2) is 9.71 Å². The quantitative estimate of drug-likeness (QED) is 0.644. The molecule has 1 heterocycles. The van der Waals surface area contributed by atoms with E-state index in [1.165, 1.54) is 13.1 Å². The van der Waals surface area contributed by atoms with Gasteiger partial charge in [0.2, 0.25) is 0 Å². The summed E-state index contributed by atoms with van der Waals surface area (Å²) in [7, 11) is -2.27. The van der Waals surface area contributed by atoms with Crippen LogP contribution in [0.25, 0.3) is 0 Å². The van der Waals surface area contributed by atoms with Gasteiger partial charge in [-0.1, -0.05) is 12.0 Å². The first-order chi connectivity index (χ1) is 8.07. The summed E-state index contributed by atoms with van der Waals surface area (Å²) in [4.78, 5) is 3.99. The van der Waals surface area contributed by atoms with Crippen molar-refractivity contribution >= 4 is 16.0 Å². The molecule has 0 aromatic carbocycles. The van der Waals surface area contributed by atoms with Crippen LogP contribution >= 0.6 is 0 Å². The molecule has 1 aromatic heterocycles. The summed E-state index contributed by atoms with van der Waals surface area (Å²) < 4.78 is 26.8. The summed E-state index contributed by atoms with van der Waals surface area (Å²) in [5.41, 5.74) is 0.440. The number of pyridine rings is 1. The fraction of sp³-hybridized carbons (Fsp3) is 0.300. The van der Waals surface area contributed by atoms with Crippen molar-refractivity contribution in [3.8, 4) is 11.8 Å². The Morgan fingerprint density at radius 2 is 2.24 bits per heavy atom. The number of nitrogens with zero attached hydrogens (tertiary/aromatic N) is 1. The monoisotopic (exact) mass is 255 g/mol. The average Bonchev–Trinajstić information content (AvgIpc) is 2.29. The van der Waals surface area contributed by atoms with Gasteiger partial charge >= 0.3 is 0 Å². The van der Waals surface area contributed by atoms with E-state index in [2.05, 4.69) is 26.3 Å². The zero-order valence-corrected chi connectivity index (χ0v) is 10.1. The van der Waals surface area contributed by atoms with Crippen LogP contribution < -0.4 is 9.44 Å². The van der Waals surface area contributed by atoms with Crippen molar-refractivity contribution < 1.29 is 13.5 Å². The van der Waals surface area contributed by atoms with Gasteiger partial charge in [0.25, 0.3) is 10.2 Å². The Kier molecular flexibility index (Phi) is 4.90. The molecule has 0 aliphatic rings. The molecule has 0 bridgehead atoms. The molecule has 92 valence electrons. The largest absolute Gasteiger partial charge is 0.395 e. The predicted octanol–water partition coefficient (Wildman–Crippen LogP) is -0.308. The summed E-state index contributed by atoms with van der Waals surface area (Å²) >= 11 is 0. The van der Waals surface area contributed by atoms with Crippen LogP contribution in [0.4, 0.5) is 5.82 Å². The van der Waals surface area contributed by atoms with Crippen molar-refractivity contribution in [2.45, 2.75) is 6.42 Å². The molecular weight excluding hydrogens is 242 g/mol. The maximum Gasteiger partial charge on any atom is 0.300 e. The molecule has 0 aliphatic carbocycles. The maximum atomic E-state index is 11.2. The van der Waals surface area contributed by atoms with E-state index in [1.54, 1.807) is 12.1 Å². The van der Waals surface area contributed by atoms with Crippen molar-refractivity contribution in [3.63, 3.8) is 0 Å². The standard InChI is InChI=1S/C10H13N3O3S/c1-11-17(15,16)13-10-7-4-6-9(12-10)5-2-3-8-14/h4,6-7,11,14H,3,8H2,1H3,(H,12,13). The lowest BCUT2D eigenvalue weighted by atomic mass is 10.3. The van der Waals surface area contributed by atoms with Crippen LogP contribution in [0.1, 0.15) is 12.1 Å². The van der Waals surface area contributed by atoms with Gasteiger partial charge < -0.3 is 5.11 Å². The number of aliphatic hydroxyl groups is 1. The highest BCUT2D eigenvalue weighted by Crippen LogP contribution is 2.05. The fourth-order valence-corrected chi connectivity index (χ4v) is 1.45. The minimum atomic E-state index is -3.57. The van der Waals surface area contributed by atoms with E-state index in [4.69, 9.17) is 5.11 Å². The summed E-state index contributed by atoms with van der Waals surface area (Å²) in [6.07, 6.45) is 0.355. The first-order valence-corrected chi connectivity index (χ1v) is 6.34. The van der Waals surface area contributed by atoms with E-state index >= 15 is 0 Å². The lowest BCUT2D eigenvalue weighted by Crippen LogP contribution is -2.26. The summed E-state index contributed by atoms with van der Waals surface area (Å²) in [5, 5.41) is 8.56. The third kappa shape index (κ3) is 4.82. The molecule has 7 heteroatoms. The van der Waals surface area contributed by atoms with Crippen molar-refractivity contribution in [1.82, 2.24) is 9.71 Å². The number of aliphatic hydroxyl groups excluding tert-OH is 1. The number of hydrogen-bond acceptors (Lipinski definition) is 4. The number of rotatable bonds is 4. The van der Waals surface area contributed by atoms with Crippen LogP contribution in [0.2, 0.25) is 0 Å². The molecule has 0 amide bonds. The van der Waals surface area contributed by atoms with Crippen molar-refractivity contribution in [2.75, 3.05) is 18.4 Å². The van der Waals surface area contributed by atoms with Crippen LogP contribution in [0, 0.1) is 11.8 Å². The molecule has 1 rings (SSSR count). The summed E-state index contributed by atoms with van der Waals surface area (Å²) in [6.45, 7) is -0.0148. The molecule has 0 unspecified atom stereocenters. The van der Waals surface area contributed by atoms with Gasteiger partial charge in [-0.15, -0.1) is 0 Å². The molecule has 0 saturated carbocycles. The van der Waals surface area contributed by atoms with Crippen LogP contribution in [0.5, 0.6) is 0 Å². The van der Waals surface area contributed by atoms with Crippen LogP contribution in [0.15, 0.2) is 18.2 Å². The molecule has 17 heavy (non-hydrogen) atoms. The second-order valence-electron chi connectivity index (χ2n) is 2.99. The van der Waals surface area contributed by atoms with Crippen molar-refractivity contribution in [1.29, 1.82) is 0 Å². The molecule has 0 saturated heterocycles. The molecule has 6 nitrogen and oxygen atoms in total. The van der Waals surface area contributed by atoms with Gasteiger partial charge in [-0.05, 0) is 18.1 Å². The summed E-state index contributed by atoms with van der Waals surface area (Å²) in [6, 6.07) is 4.82. The Morgan fingerprint density at radius 1 is 1.47 bits per heavy atom. The van der Waals surface area contributed by atoms with E-state index in [0.717, 1.165) is 0 Å². The van der Waals surface area contributed by atoms with Gasteiger partial charge in [0, 0.05) is 13.5 Å². The van der Waals surface area contributed by atoms with Gasteiger partial charge in [0.15, 0.2) is 0 Å². The number of nitrogens with one attached hydrogen (secondary N) is 2. The molecule has 0 fully saturated rings. The lowest BCUT2D eigenvalue weighted by molar-refractivity contribution is 0.305. The first-order valence-electron chi connectivity index (χ1n) is 4.85. The van der Waals surface area contributed by atoms with Crippen LogP contribution in [-0.2, 0) is 10.2 Å². The van der Waals surface area contributed by atoms with Gasteiger partial charge in [-0.3, -0.25) is 4.72 Å². The minimum Gasteiger partial charge on any atom is -0.395 e. The molecule has 0 aliphatic heterocycles. The number of aromatic nitrogens is 1. The number of anilines is 1. The normalized spacial score (nSPS) is 10.5. The van der Waals surface area contributed by atoms with Gasteiger partial charge in [0.05, 0.1) is 6.61 Å². The van der Waals surface area contributed by atoms with E-state index in [-0.39, 0.29) is 12.4 Å². The first kappa shape index (κ1) is 13.4. The Labute approximate surface area is 100 Å². The smallest absolute Gasteiger partial charge is 0.300 e. The second-order valence-corrected chi connectivity index (χ2v) is 4.61. The zero-order valence-electron chi connectivity index (χ0n) is 9.27. The third-order valence-electron chi connectivity index (χ3n) is 1.71. The van der Waals surface area contributed by atoms with Crippen molar-refractivity contribution in [3.05, 3.63) is 23.9 Å². The molecule has 1 aromatic rings. The molecule has 3 N–H and O–H groups in total. The molecular formula is C10H13N3O3S. The molecule has 0 atom stereocenters. The molecule has 0 radical (unpaired) electrons. The van der Waals surface area contributed by atoms with E-state index < -0.39 is 10.2 Å². The Bertz CT molecular complexity index is 531. The Balaban J connectivity index is 2.84. The topological polar surface area (TPSA) is 91.3 Å². The van der Waals surface area contributed by atoms with Crippen molar-refractivity contribution in [2.24, 2.45) is 0 Å². The third-order valence-corrected chi connectivity index (χ3v) is 2.73. The highest BCUT2D eigenvalue weighted by Gasteiger charge is 2.06. The van der Waals surface area contributed by atoms with Crippen LogP contribution in [-0.4, -0.2) is 32.2 Å². The highest BCUT2D eigenvalue weighted by atomic mass is 32.2. The molecule has 0 spiro atoms. The fourth-order valence-electron chi connectivity index (χ4n) is 0.959. The van der Waals surface area contributed by atoms with Gasteiger partial charge in [-0.2, -0.15) is 8.42 Å². The zero-order chi connectivity index (χ0) is 12.7. The lowest BCUT2D eigenvalue weighted by Gasteiger charge is -2.05. The Hall–Kier alpha value is -1.62. The second kappa shape index (κ2) is 6.20. The number of hydrogen-bond donors (Lipinski definition) is 3. The highest BCUT2D eigenvalue weighted by molar-refractivity contribution is 7.90. The Morgan fingerprint density at radius 3 is 2.88 bits per heavy atom. The van der Waals surface area contributed by atoms with E-state index in [9.17, 15) is 8.42 Å². The van der Waals surface area contributed by atoms with Gasteiger partial charge in [0.1, 0.15) is 11.5 Å². The van der Waals surface area contributed by atoms with Crippen LogP contribution in [0.3, 0.4) is 0 Å². The van der Waals surface area contributed by atoms with E-state index in [1.807, 2.05) is 0 Å². The van der Waals surface area contributed by atoms with E-state index in [0.29, 0.717) is 12.1 Å². The maximum absolute atomic E-state index is 11.2. The minimum absolute atomic E-state index is 0.0148. The average molecular weight is 255 g/mol. The SMILES string of the molecule is CNS(=O)(=O)Nc1cccc(C#CCCO)n1. The predicted molar refractivity (Wildman–Crippen MR) is 64.4 cm³/mol.